The number of nitrogens with zero attached hydrogens (tertiary/aromatic N) is 2. The van der Waals surface area contributed by atoms with E-state index in [0.29, 0.717) is 24.4 Å². The summed E-state index contributed by atoms with van der Waals surface area (Å²) < 4.78 is 10.8. The first kappa shape index (κ1) is 18.2. The van der Waals surface area contributed by atoms with Gasteiger partial charge < -0.3 is 19.5 Å². The van der Waals surface area contributed by atoms with Crippen LogP contribution in [0.15, 0.2) is 42.6 Å². The molecule has 1 aromatic carbocycles. The molecule has 0 bridgehead atoms. The summed E-state index contributed by atoms with van der Waals surface area (Å²) in [5, 5.41) is 10.9. The third-order valence-corrected chi connectivity index (χ3v) is 4.62. The molecule has 6 heteroatoms. The quantitative estimate of drug-likeness (QED) is 0.891. The Hall–Kier alpha value is -2.60. The van der Waals surface area contributed by atoms with Gasteiger partial charge in [0.1, 0.15) is 18.0 Å². The van der Waals surface area contributed by atoms with Crippen LogP contribution in [0, 0.1) is 6.92 Å². The molecule has 0 radical (unpaired) electrons. The number of benzene rings is 1. The van der Waals surface area contributed by atoms with E-state index in [9.17, 15) is 9.90 Å². The Balaban J connectivity index is 1.65. The van der Waals surface area contributed by atoms with Gasteiger partial charge in [0.15, 0.2) is 0 Å². The van der Waals surface area contributed by atoms with Crippen LogP contribution in [0.1, 0.15) is 28.8 Å². The van der Waals surface area contributed by atoms with Crippen LogP contribution in [0.5, 0.6) is 11.6 Å². The van der Waals surface area contributed by atoms with Crippen molar-refractivity contribution in [1.29, 1.82) is 0 Å². The number of ether oxygens (including phenoxy) is 2. The Morgan fingerprint density at radius 1 is 1.31 bits per heavy atom. The Bertz CT molecular complexity index is 763. The molecule has 1 N–H and O–H groups in total. The van der Waals surface area contributed by atoms with Gasteiger partial charge in [-0.05, 0) is 37.5 Å². The van der Waals surface area contributed by atoms with Gasteiger partial charge in [-0.2, -0.15) is 0 Å². The van der Waals surface area contributed by atoms with Crippen molar-refractivity contribution >= 4 is 5.91 Å². The number of aromatic nitrogens is 1. The number of hydrogen-bond acceptors (Lipinski definition) is 5. The van der Waals surface area contributed by atoms with Crippen LogP contribution < -0.4 is 9.47 Å². The fraction of sp³-hybridized carbons (Fsp3) is 0.400. The zero-order valence-corrected chi connectivity index (χ0v) is 15.1. The van der Waals surface area contributed by atoms with E-state index in [1.807, 2.05) is 31.2 Å². The second kappa shape index (κ2) is 7.74. The van der Waals surface area contributed by atoms with Crippen molar-refractivity contribution in [3.05, 3.63) is 53.7 Å². The number of rotatable bonds is 5. The lowest BCUT2D eigenvalue weighted by Crippen LogP contribution is -2.53. The molecule has 3 rings (SSSR count). The number of pyridine rings is 1. The zero-order valence-electron chi connectivity index (χ0n) is 15.1. The molecule has 2 heterocycles. The Morgan fingerprint density at radius 2 is 2.12 bits per heavy atom. The lowest BCUT2D eigenvalue weighted by Gasteiger charge is -2.39. The van der Waals surface area contributed by atoms with E-state index >= 15 is 0 Å². The molecule has 1 aliphatic heterocycles. The molecule has 6 nitrogen and oxygen atoms in total. The molecule has 26 heavy (non-hydrogen) atoms. The maximum Gasteiger partial charge on any atom is 0.255 e. The molecule has 1 fully saturated rings. The van der Waals surface area contributed by atoms with E-state index in [1.165, 1.54) is 13.3 Å². The van der Waals surface area contributed by atoms with E-state index in [4.69, 9.17) is 9.47 Å². The van der Waals surface area contributed by atoms with Crippen molar-refractivity contribution in [2.24, 2.45) is 0 Å². The molecule has 1 aromatic heterocycles. The minimum Gasteiger partial charge on any atom is -0.490 e. The normalized spacial score (nSPS) is 19.9. The first-order chi connectivity index (χ1) is 12.5. The fourth-order valence-electron chi connectivity index (χ4n) is 3.14. The van der Waals surface area contributed by atoms with Crippen LogP contribution in [0.2, 0.25) is 0 Å². The number of methoxy groups -OCH3 is 1. The highest BCUT2D eigenvalue weighted by molar-refractivity contribution is 5.94. The molecular formula is C20H24N2O4. The maximum absolute atomic E-state index is 12.7. The number of piperidine rings is 1. The second-order valence-corrected chi connectivity index (χ2v) is 6.70. The van der Waals surface area contributed by atoms with E-state index in [2.05, 4.69) is 4.98 Å². The van der Waals surface area contributed by atoms with Crippen LogP contribution in [0.3, 0.4) is 0 Å². The molecule has 0 aliphatic carbocycles. The van der Waals surface area contributed by atoms with Gasteiger partial charge in [-0.3, -0.25) is 4.79 Å². The van der Waals surface area contributed by atoms with Crippen LogP contribution in [-0.2, 0) is 0 Å². The van der Waals surface area contributed by atoms with Crippen molar-refractivity contribution in [3.63, 3.8) is 0 Å². The summed E-state index contributed by atoms with van der Waals surface area (Å²) in [6.07, 6.45) is 2.82. The molecule has 138 valence electrons. The van der Waals surface area contributed by atoms with Crippen LogP contribution in [-0.4, -0.2) is 53.3 Å². The van der Waals surface area contributed by atoms with Gasteiger partial charge in [-0.1, -0.05) is 18.2 Å². The highest BCUT2D eigenvalue weighted by atomic mass is 16.5. The number of aliphatic hydroxyl groups is 1. The predicted molar refractivity (Wildman–Crippen MR) is 97.6 cm³/mol. The Kier molecular flexibility index (Phi) is 5.42. The van der Waals surface area contributed by atoms with Crippen molar-refractivity contribution in [2.75, 3.05) is 26.8 Å². The summed E-state index contributed by atoms with van der Waals surface area (Å²) >= 11 is 0. The summed E-state index contributed by atoms with van der Waals surface area (Å²) in [5.41, 5.74) is 0.440. The number of β-amino-alcohol motifs (C(OH)–C–C–N with tert-alkyl or cyclic N) is 1. The molecule has 1 atom stereocenters. The smallest absolute Gasteiger partial charge is 0.255 e. The first-order valence-corrected chi connectivity index (χ1v) is 8.71. The minimum atomic E-state index is -1.06. The molecule has 0 spiro atoms. The van der Waals surface area contributed by atoms with E-state index in [1.54, 1.807) is 17.0 Å². The van der Waals surface area contributed by atoms with E-state index < -0.39 is 5.60 Å². The third-order valence-electron chi connectivity index (χ3n) is 4.62. The zero-order chi connectivity index (χ0) is 18.6. The van der Waals surface area contributed by atoms with Gasteiger partial charge in [-0.15, -0.1) is 0 Å². The van der Waals surface area contributed by atoms with Gasteiger partial charge in [0.2, 0.25) is 5.88 Å². The number of carbonyl (C=O) groups is 1. The van der Waals surface area contributed by atoms with Crippen LogP contribution in [0.25, 0.3) is 0 Å². The van der Waals surface area contributed by atoms with Crippen molar-refractivity contribution < 1.29 is 19.4 Å². The number of aryl methyl sites for hydroxylation is 1. The largest absolute Gasteiger partial charge is 0.490 e. The van der Waals surface area contributed by atoms with Crippen molar-refractivity contribution in [2.45, 2.75) is 25.4 Å². The molecule has 1 saturated heterocycles. The van der Waals surface area contributed by atoms with Crippen LogP contribution >= 0.6 is 0 Å². The number of likely N-dealkylation sites (tertiary alicyclic amines) is 1. The van der Waals surface area contributed by atoms with Crippen molar-refractivity contribution in [1.82, 2.24) is 9.88 Å². The second-order valence-electron chi connectivity index (χ2n) is 6.70. The fourth-order valence-corrected chi connectivity index (χ4v) is 3.14. The first-order valence-electron chi connectivity index (χ1n) is 8.71. The highest BCUT2D eigenvalue weighted by Gasteiger charge is 2.36. The summed E-state index contributed by atoms with van der Waals surface area (Å²) in [4.78, 5) is 18.4. The monoisotopic (exact) mass is 356 g/mol. The number of carbonyl (C=O) groups excluding carboxylic acids is 1. The van der Waals surface area contributed by atoms with Crippen LogP contribution in [0.4, 0.5) is 0 Å². The highest BCUT2D eigenvalue weighted by Crippen LogP contribution is 2.25. The standard InChI is InChI=1S/C20H24N2O4/c1-15-6-3-4-7-17(15)26-14-20(24)10-5-11-22(13-20)19(23)16-8-9-18(25-2)21-12-16/h3-4,6-9,12,24H,5,10-11,13-14H2,1-2H3. The molecule has 1 amide bonds. The van der Waals surface area contributed by atoms with E-state index in [0.717, 1.165) is 17.7 Å². The molecular weight excluding hydrogens is 332 g/mol. The maximum atomic E-state index is 12.7. The number of para-hydroxylation sites is 1. The average molecular weight is 356 g/mol. The summed E-state index contributed by atoms with van der Waals surface area (Å²) in [6, 6.07) is 11.0. The minimum absolute atomic E-state index is 0.144. The van der Waals surface area contributed by atoms with Gasteiger partial charge in [0.05, 0.1) is 19.2 Å². The SMILES string of the molecule is COc1ccc(C(=O)N2CCCC(O)(COc3ccccc3C)C2)cn1. The lowest BCUT2D eigenvalue weighted by molar-refractivity contribution is -0.0533. The number of amides is 1. The van der Waals surface area contributed by atoms with E-state index in [-0.39, 0.29) is 19.1 Å². The lowest BCUT2D eigenvalue weighted by atomic mass is 9.93. The Morgan fingerprint density at radius 3 is 2.81 bits per heavy atom. The van der Waals surface area contributed by atoms with Gasteiger partial charge >= 0.3 is 0 Å². The third kappa shape index (κ3) is 4.14. The summed E-state index contributed by atoms with van der Waals surface area (Å²) in [6.45, 7) is 2.97. The van der Waals surface area contributed by atoms with Gasteiger partial charge in [0.25, 0.3) is 5.91 Å². The average Bonchev–Trinajstić information content (AvgIpc) is 2.67. The topological polar surface area (TPSA) is 71.9 Å². The summed E-state index contributed by atoms with van der Waals surface area (Å²) in [5.74, 6) is 1.07. The Labute approximate surface area is 153 Å². The molecule has 0 saturated carbocycles. The summed E-state index contributed by atoms with van der Waals surface area (Å²) in [7, 11) is 1.53. The van der Waals surface area contributed by atoms with Gasteiger partial charge in [-0.25, -0.2) is 4.98 Å². The number of hydrogen-bond donors (Lipinski definition) is 1. The molecule has 2 aromatic rings. The predicted octanol–water partition coefficient (Wildman–Crippen LogP) is 2.44. The molecule has 1 unspecified atom stereocenters. The van der Waals surface area contributed by atoms with Crippen molar-refractivity contribution in [3.8, 4) is 11.6 Å². The van der Waals surface area contributed by atoms with Gasteiger partial charge in [0, 0.05) is 18.8 Å². The molecule has 1 aliphatic rings.